The fourth-order valence-electron chi connectivity index (χ4n) is 1.04. The summed E-state index contributed by atoms with van der Waals surface area (Å²) in [5.41, 5.74) is 5.42. The van der Waals surface area contributed by atoms with E-state index in [1.165, 1.54) is 11.3 Å². The molecule has 1 aromatic heterocycles. The third kappa shape index (κ3) is 3.12. The highest BCUT2D eigenvalue weighted by Crippen LogP contribution is 2.18. The lowest BCUT2D eigenvalue weighted by Gasteiger charge is -2.05. The highest BCUT2D eigenvalue weighted by Gasteiger charge is 2.11. The number of carbonyl (C=O) groups is 1. The molecule has 0 unspecified atom stereocenters. The van der Waals surface area contributed by atoms with Crippen LogP contribution in [0, 0.1) is 0 Å². The zero-order valence-corrected chi connectivity index (χ0v) is 9.26. The smallest absolute Gasteiger partial charge is 0.348 e. The number of nitrogens with two attached hydrogens (primary N) is 1. The van der Waals surface area contributed by atoms with E-state index in [9.17, 15) is 4.79 Å². The summed E-state index contributed by atoms with van der Waals surface area (Å²) in [4.78, 5) is 13.2. The van der Waals surface area contributed by atoms with Gasteiger partial charge in [-0.25, -0.2) is 4.79 Å². The molecule has 1 aromatic rings. The van der Waals surface area contributed by atoms with Gasteiger partial charge in [-0.05, 0) is 38.9 Å². The van der Waals surface area contributed by atoms with Crippen molar-refractivity contribution in [3.05, 3.63) is 21.9 Å². The molecule has 2 N–H and O–H groups in total. The predicted molar refractivity (Wildman–Crippen MR) is 57.6 cm³/mol. The molecular weight excluding hydrogens is 198 g/mol. The topological polar surface area (TPSA) is 52.3 Å². The first-order valence-corrected chi connectivity index (χ1v) is 5.45. The molecule has 0 aliphatic rings. The minimum absolute atomic E-state index is 0.0671. The lowest BCUT2D eigenvalue weighted by Crippen LogP contribution is -2.09. The van der Waals surface area contributed by atoms with Crippen LogP contribution in [-0.2, 0) is 11.2 Å². The average Bonchev–Trinajstić information content (AvgIpc) is 2.52. The number of rotatable bonds is 4. The number of carbonyl (C=O) groups excluding carboxylic acids is 1. The van der Waals surface area contributed by atoms with Crippen LogP contribution < -0.4 is 5.73 Å². The largest absolute Gasteiger partial charge is 0.459 e. The zero-order chi connectivity index (χ0) is 10.6. The molecule has 1 rings (SSSR count). The van der Waals surface area contributed by atoms with Crippen LogP contribution in [0.2, 0.25) is 0 Å². The first-order valence-electron chi connectivity index (χ1n) is 4.63. The second-order valence-corrected chi connectivity index (χ2v) is 4.43. The van der Waals surface area contributed by atoms with Gasteiger partial charge in [-0.1, -0.05) is 0 Å². The number of hydrogen-bond donors (Lipinski definition) is 1. The van der Waals surface area contributed by atoms with Gasteiger partial charge in [0.15, 0.2) is 0 Å². The Balaban J connectivity index is 2.62. The Labute approximate surface area is 87.9 Å². The Morgan fingerprint density at radius 2 is 2.29 bits per heavy atom. The van der Waals surface area contributed by atoms with Crippen molar-refractivity contribution in [3.63, 3.8) is 0 Å². The van der Waals surface area contributed by atoms with Gasteiger partial charge in [-0.3, -0.25) is 0 Å². The van der Waals surface area contributed by atoms with E-state index >= 15 is 0 Å². The molecule has 0 aromatic carbocycles. The van der Waals surface area contributed by atoms with Gasteiger partial charge < -0.3 is 10.5 Å². The van der Waals surface area contributed by atoms with Crippen molar-refractivity contribution in [2.45, 2.75) is 26.4 Å². The van der Waals surface area contributed by atoms with Gasteiger partial charge in [0.2, 0.25) is 0 Å². The molecule has 1 heterocycles. The summed E-state index contributed by atoms with van der Waals surface area (Å²) in [6, 6.07) is 3.72. The van der Waals surface area contributed by atoms with Crippen molar-refractivity contribution in [2.24, 2.45) is 5.73 Å². The van der Waals surface area contributed by atoms with Gasteiger partial charge in [0.25, 0.3) is 0 Å². The molecule has 0 fully saturated rings. The van der Waals surface area contributed by atoms with Gasteiger partial charge >= 0.3 is 5.97 Å². The summed E-state index contributed by atoms with van der Waals surface area (Å²) in [6.45, 7) is 4.29. The minimum atomic E-state index is -0.242. The maximum Gasteiger partial charge on any atom is 0.348 e. The molecule has 4 heteroatoms. The van der Waals surface area contributed by atoms with Gasteiger partial charge in [0.1, 0.15) is 4.88 Å². The van der Waals surface area contributed by atoms with Gasteiger partial charge in [-0.2, -0.15) is 0 Å². The molecule has 0 aliphatic carbocycles. The van der Waals surface area contributed by atoms with Crippen LogP contribution in [0.5, 0.6) is 0 Å². The second kappa shape index (κ2) is 5.12. The van der Waals surface area contributed by atoms with E-state index in [2.05, 4.69) is 0 Å². The summed E-state index contributed by atoms with van der Waals surface area (Å²) in [7, 11) is 0. The number of esters is 1. The van der Waals surface area contributed by atoms with E-state index in [0.29, 0.717) is 11.4 Å². The number of thiophene rings is 1. The van der Waals surface area contributed by atoms with Crippen LogP contribution in [-0.4, -0.2) is 18.6 Å². The number of ether oxygens (including phenoxy) is 1. The van der Waals surface area contributed by atoms with E-state index < -0.39 is 0 Å². The maximum absolute atomic E-state index is 11.4. The van der Waals surface area contributed by atoms with Crippen LogP contribution in [0.4, 0.5) is 0 Å². The molecule has 0 saturated heterocycles. The lowest BCUT2D eigenvalue weighted by molar-refractivity contribution is 0.0384. The Morgan fingerprint density at radius 3 is 2.86 bits per heavy atom. The molecule has 0 bridgehead atoms. The monoisotopic (exact) mass is 213 g/mol. The van der Waals surface area contributed by atoms with Crippen LogP contribution in [0.15, 0.2) is 12.1 Å². The van der Waals surface area contributed by atoms with E-state index in [1.807, 2.05) is 19.9 Å². The second-order valence-electron chi connectivity index (χ2n) is 3.26. The maximum atomic E-state index is 11.4. The van der Waals surface area contributed by atoms with Crippen LogP contribution in [0.1, 0.15) is 28.4 Å². The normalized spacial score (nSPS) is 10.6. The van der Waals surface area contributed by atoms with Crippen LogP contribution >= 0.6 is 11.3 Å². The third-order valence-electron chi connectivity index (χ3n) is 1.60. The molecule has 0 saturated carbocycles. The number of hydrogen-bond acceptors (Lipinski definition) is 4. The Morgan fingerprint density at radius 1 is 1.57 bits per heavy atom. The molecule has 3 nitrogen and oxygen atoms in total. The molecule has 0 spiro atoms. The average molecular weight is 213 g/mol. The fraction of sp³-hybridized carbons (Fsp3) is 0.500. The van der Waals surface area contributed by atoms with Crippen molar-refractivity contribution < 1.29 is 9.53 Å². The highest BCUT2D eigenvalue weighted by atomic mass is 32.1. The third-order valence-corrected chi connectivity index (χ3v) is 2.72. The summed E-state index contributed by atoms with van der Waals surface area (Å²) >= 11 is 1.45. The Hall–Kier alpha value is -0.870. The predicted octanol–water partition coefficient (Wildman–Crippen LogP) is 1.81. The standard InChI is InChI=1S/C10H15NO2S/c1-7(2)13-10(12)9-4-3-8(14-9)5-6-11/h3-4,7H,5-6,11H2,1-2H3. The van der Waals surface area contributed by atoms with E-state index in [-0.39, 0.29) is 12.1 Å². The first-order chi connectivity index (χ1) is 6.63. The summed E-state index contributed by atoms with van der Waals surface area (Å²) in [5, 5.41) is 0. The van der Waals surface area contributed by atoms with E-state index in [0.717, 1.165) is 11.3 Å². The minimum Gasteiger partial charge on any atom is -0.459 e. The first kappa shape index (κ1) is 11.2. The molecule has 78 valence electrons. The fourth-order valence-corrected chi connectivity index (χ4v) is 1.94. The van der Waals surface area contributed by atoms with E-state index in [4.69, 9.17) is 10.5 Å². The van der Waals surface area contributed by atoms with Crippen LogP contribution in [0.25, 0.3) is 0 Å². The SMILES string of the molecule is CC(C)OC(=O)c1ccc(CCN)s1. The van der Waals surface area contributed by atoms with Crippen LogP contribution in [0.3, 0.4) is 0 Å². The Bertz CT molecular complexity index is 307. The van der Waals surface area contributed by atoms with Crippen molar-refractivity contribution >= 4 is 17.3 Å². The summed E-state index contributed by atoms with van der Waals surface area (Å²) in [5.74, 6) is -0.242. The molecule has 0 radical (unpaired) electrons. The van der Waals surface area contributed by atoms with Gasteiger partial charge in [-0.15, -0.1) is 11.3 Å². The zero-order valence-electron chi connectivity index (χ0n) is 8.45. The van der Waals surface area contributed by atoms with Crippen molar-refractivity contribution in [3.8, 4) is 0 Å². The van der Waals surface area contributed by atoms with E-state index in [1.54, 1.807) is 6.07 Å². The highest BCUT2D eigenvalue weighted by molar-refractivity contribution is 7.13. The lowest BCUT2D eigenvalue weighted by atomic mass is 10.3. The molecule has 0 aliphatic heterocycles. The molecule has 14 heavy (non-hydrogen) atoms. The summed E-state index contributed by atoms with van der Waals surface area (Å²) in [6.07, 6.45) is 0.752. The quantitative estimate of drug-likeness (QED) is 0.776. The summed E-state index contributed by atoms with van der Waals surface area (Å²) < 4.78 is 5.07. The van der Waals surface area contributed by atoms with Crippen molar-refractivity contribution in [1.82, 2.24) is 0 Å². The van der Waals surface area contributed by atoms with Crippen molar-refractivity contribution in [2.75, 3.05) is 6.54 Å². The van der Waals surface area contributed by atoms with Gasteiger partial charge in [0.05, 0.1) is 6.10 Å². The van der Waals surface area contributed by atoms with Crippen molar-refractivity contribution in [1.29, 1.82) is 0 Å². The molecule has 0 amide bonds. The van der Waals surface area contributed by atoms with Gasteiger partial charge in [0, 0.05) is 4.88 Å². The molecule has 0 atom stereocenters. The Kier molecular flexibility index (Phi) is 4.10. The molecular formula is C10H15NO2S.